The van der Waals surface area contributed by atoms with Gasteiger partial charge in [0, 0.05) is 25.1 Å². The quantitative estimate of drug-likeness (QED) is 0.898. The molecular weight excluding hydrogens is 264 g/mol. The number of fused-ring (bicyclic) bond motifs is 1. The smallest absolute Gasteiger partial charge is 0.317 e. The Hall–Kier alpha value is -1.45. The number of urea groups is 1. The van der Waals surface area contributed by atoms with Crippen LogP contribution in [0.5, 0.6) is 0 Å². The van der Waals surface area contributed by atoms with Crippen LogP contribution in [0.2, 0.25) is 0 Å². The number of hydrogen-bond donors (Lipinski definition) is 1. The fourth-order valence-corrected chi connectivity index (χ4v) is 3.68. The van der Waals surface area contributed by atoms with Crippen LogP contribution in [0, 0.1) is 5.92 Å². The number of carbonyl (C=O) groups excluding carboxylic acids is 1. The fourth-order valence-electron chi connectivity index (χ4n) is 3.68. The second-order valence-corrected chi connectivity index (χ2v) is 6.72. The van der Waals surface area contributed by atoms with Gasteiger partial charge in [-0.05, 0) is 50.5 Å². The molecule has 1 atom stereocenters. The molecule has 1 unspecified atom stereocenters. The van der Waals surface area contributed by atoms with E-state index in [4.69, 9.17) is 4.42 Å². The molecule has 1 fully saturated rings. The van der Waals surface area contributed by atoms with E-state index >= 15 is 0 Å². The number of carbonyl (C=O) groups is 1. The Balaban J connectivity index is 1.59. The molecule has 0 saturated heterocycles. The summed E-state index contributed by atoms with van der Waals surface area (Å²) in [6.07, 6.45) is 9.55. The number of amides is 2. The van der Waals surface area contributed by atoms with Crippen LogP contribution in [0.25, 0.3) is 0 Å². The first kappa shape index (κ1) is 14.5. The molecule has 1 saturated carbocycles. The predicted octanol–water partition coefficient (Wildman–Crippen LogP) is 3.88. The summed E-state index contributed by atoms with van der Waals surface area (Å²) in [6, 6.07) is 2.58. The van der Waals surface area contributed by atoms with E-state index in [-0.39, 0.29) is 12.1 Å². The highest BCUT2D eigenvalue weighted by molar-refractivity contribution is 5.74. The zero-order chi connectivity index (χ0) is 14.8. The van der Waals surface area contributed by atoms with Crippen molar-refractivity contribution < 1.29 is 9.21 Å². The van der Waals surface area contributed by atoms with Crippen LogP contribution >= 0.6 is 0 Å². The van der Waals surface area contributed by atoms with Gasteiger partial charge >= 0.3 is 6.03 Å². The Morgan fingerprint density at radius 3 is 2.81 bits per heavy atom. The van der Waals surface area contributed by atoms with Gasteiger partial charge in [0.2, 0.25) is 0 Å². The van der Waals surface area contributed by atoms with Gasteiger partial charge in [-0.2, -0.15) is 0 Å². The summed E-state index contributed by atoms with van der Waals surface area (Å²) in [5, 5.41) is 3.20. The number of nitrogens with one attached hydrogen (secondary N) is 1. The third-order valence-electron chi connectivity index (χ3n) is 5.20. The number of aryl methyl sites for hydroxylation is 1. The van der Waals surface area contributed by atoms with Crippen molar-refractivity contribution in [3.8, 4) is 0 Å². The van der Waals surface area contributed by atoms with Crippen molar-refractivity contribution in [2.75, 3.05) is 7.05 Å². The molecule has 0 bridgehead atoms. The van der Waals surface area contributed by atoms with Crippen molar-refractivity contribution in [1.29, 1.82) is 0 Å². The molecule has 1 aromatic heterocycles. The second kappa shape index (κ2) is 6.12. The third kappa shape index (κ3) is 3.09. The van der Waals surface area contributed by atoms with Gasteiger partial charge in [-0.25, -0.2) is 4.79 Å². The lowest BCUT2D eigenvalue weighted by Gasteiger charge is -2.35. The molecule has 21 heavy (non-hydrogen) atoms. The Morgan fingerprint density at radius 2 is 2.05 bits per heavy atom. The van der Waals surface area contributed by atoms with Crippen molar-refractivity contribution >= 4 is 6.03 Å². The SMILES string of the molecule is CC1CCC(N(C)C(=O)NC2CCCc3occc32)CC1. The molecule has 3 rings (SSSR count). The molecule has 0 radical (unpaired) electrons. The number of furan rings is 1. The summed E-state index contributed by atoms with van der Waals surface area (Å²) in [7, 11) is 1.94. The molecule has 0 spiro atoms. The second-order valence-electron chi connectivity index (χ2n) is 6.72. The largest absolute Gasteiger partial charge is 0.469 e. The van der Waals surface area contributed by atoms with Crippen LogP contribution in [0.3, 0.4) is 0 Å². The molecule has 1 N–H and O–H groups in total. The summed E-state index contributed by atoms with van der Waals surface area (Å²) in [6.45, 7) is 2.30. The van der Waals surface area contributed by atoms with Crippen molar-refractivity contribution in [2.24, 2.45) is 5.92 Å². The molecule has 4 heteroatoms. The van der Waals surface area contributed by atoms with Gasteiger partial charge in [-0.1, -0.05) is 6.92 Å². The van der Waals surface area contributed by atoms with Gasteiger partial charge in [-0.3, -0.25) is 0 Å². The van der Waals surface area contributed by atoms with Crippen LogP contribution in [0.15, 0.2) is 16.7 Å². The highest BCUT2D eigenvalue weighted by atomic mass is 16.3. The van der Waals surface area contributed by atoms with Gasteiger partial charge in [0.15, 0.2) is 0 Å². The average Bonchev–Trinajstić information content (AvgIpc) is 2.97. The van der Waals surface area contributed by atoms with Crippen molar-refractivity contribution in [2.45, 2.75) is 64.0 Å². The number of hydrogen-bond acceptors (Lipinski definition) is 2. The predicted molar refractivity (Wildman–Crippen MR) is 82.1 cm³/mol. The Bertz CT molecular complexity index is 489. The van der Waals surface area contributed by atoms with E-state index in [2.05, 4.69) is 12.2 Å². The summed E-state index contributed by atoms with van der Waals surface area (Å²) in [5.41, 5.74) is 1.17. The highest BCUT2D eigenvalue weighted by Gasteiger charge is 2.28. The maximum atomic E-state index is 12.5. The number of rotatable bonds is 2. The standard InChI is InChI=1S/C17H26N2O2/c1-12-6-8-13(9-7-12)19(2)17(20)18-15-4-3-5-16-14(15)10-11-21-16/h10-13,15H,3-9H2,1-2H3,(H,18,20). The van der Waals surface area contributed by atoms with Gasteiger partial charge < -0.3 is 14.6 Å². The molecule has 4 nitrogen and oxygen atoms in total. The third-order valence-corrected chi connectivity index (χ3v) is 5.20. The molecule has 0 aliphatic heterocycles. The van der Waals surface area contributed by atoms with Crippen molar-refractivity contribution in [1.82, 2.24) is 10.2 Å². The molecule has 1 heterocycles. The molecule has 1 aromatic rings. The molecule has 2 aliphatic carbocycles. The first-order valence-corrected chi connectivity index (χ1v) is 8.24. The van der Waals surface area contributed by atoms with Crippen LogP contribution in [0.4, 0.5) is 4.79 Å². The van der Waals surface area contributed by atoms with Crippen molar-refractivity contribution in [3.05, 3.63) is 23.7 Å². The normalized spacial score (nSPS) is 28.8. The highest BCUT2D eigenvalue weighted by Crippen LogP contribution is 2.31. The van der Waals surface area contributed by atoms with Gasteiger partial charge in [0.25, 0.3) is 0 Å². The molecular formula is C17H26N2O2. The average molecular weight is 290 g/mol. The lowest BCUT2D eigenvalue weighted by molar-refractivity contribution is 0.159. The maximum absolute atomic E-state index is 12.5. The van der Waals surface area contributed by atoms with E-state index in [0.29, 0.717) is 6.04 Å². The Labute approximate surface area is 126 Å². The van der Waals surface area contributed by atoms with Crippen LogP contribution < -0.4 is 5.32 Å². The van der Waals surface area contributed by atoms with Crippen LogP contribution in [-0.2, 0) is 6.42 Å². The topological polar surface area (TPSA) is 45.5 Å². The lowest BCUT2D eigenvalue weighted by atomic mass is 9.87. The monoisotopic (exact) mass is 290 g/mol. The van der Waals surface area contributed by atoms with Gasteiger partial charge in [0.05, 0.1) is 12.3 Å². The summed E-state index contributed by atoms with van der Waals surface area (Å²) in [5.74, 6) is 1.85. The van der Waals surface area contributed by atoms with E-state index in [1.54, 1.807) is 6.26 Å². The van der Waals surface area contributed by atoms with Gasteiger partial charge in [-0.15, -0.1) is 0 Å². The Kier molecular flexibility index (Phi) is 4.22. The summed E-state index contributed by atoms with van der Waals surface area (Å²) < 4.78 is 5.49. The minimum absolute atomic E-state index is 0.0635. The van der Waals surface area contributed by atoms with E-state index in [9.17, 15) is 4.79 Å². The first-order chi connectivity index (χ1) is 10.1. The molecule has 2 aliphatic rings. The zero-order valence-corrected chi connectivity index (χ0v) is 13.1. The van der Waals surface area contributed by atoms with Gasteiger partial charge in [0.1, 0.15) is 5.76 Å². The fraction of sp³-hybridized carbons (Fsp3) is 0.706. The first-order valence-electron chi connectivity index (χ1n) is 8.24. The van der Waals surface area contributed by atoms with E-state index in [1.165, 1.54) is 18.4 Å². The van der Waals surface area contributed by atoms with E-state index < -0.39 is 0 Å². The van der Waals surface area contributed by atoms with Crippen LogP contribution in [0.1, 0.15) is 62.8 Å². The minimum Gasteiger partial charge on any atom is -0.469 e. The Morgan fingerprint density at radius 1 is 1.29 bits per heavy atom. The molecule has 116 valence electrons. The van der Waals surface area contributed by atoms with E-state index in [0.717, 1.165) is 43.8 Å². The minimum atomic E-state index is 0.0635. The molecule has 0 aromatic carbocycles. The van der Waals surface area contributed by atoms with E-state index in [1.807, 2.05) is 18.0 Å². The summed E-state index contributed by atoms with van der Waals surface area (Å²) in [4.78, 5) is 14.4. The number of nitrogens with zero attached hydrogens (tertiary/aromatic N) is 1. The maximum Gasteiger partial charge on any atom is 0.317 e. The molecule has 2 amide bonds. The van der Waals surface area contributed by atoms with Crippen LogP contribution in [-0.4, -0.2) is 24.0 Å². The van der Waals surface area contributed by atoms with Crippen molar-refractivity contribution in [3.63, 3.8) is 0 Å². The zero-order valence-electron chi connectivity index (χ0n) is 13.1. The lowest BCUT2D eigenvalue weighted by Crippen LogP contribution is -2.46. The summed E-state index contributed by atoms with van der Waals surface area (Å²) >= 11 is 0.